The number of hydrogen-bond acceptors (Lipinski definition) is 3. The van der Waals surface area contributed by atoms with Crippen molar-refractivity contribution in [2.45, 2.75) is 20.3 Å². The summed E-state index contributed by atoms with van der Waals surface area (Å²) in [5, 5.41) is 1.10. The molecule has 0 saturated carbocycles. The van der Waals surface area contributed by atoms with E-state index >= 15 is 0 Å². The molecule has 0 radical (unpaired) electrons. The monoisotopic (exact) mass is 290 g/mol. The average Bonchev–Trinajstić information content (AvgIpc) is 2.87. The zero-order valence-electron chi connectivity index (χ0n) is 11.1. The highest BCUT2D eigenvalue weighted by molar-refractivity contribution is 6.30. The molecule has 0 aliphatic carbocycles. The van der Waals surface area contributed by atoms with E-state index in [1.807, 2.05) is 13.8 Å². The second-order valence-corrected chi connectivity index (χ2v) is 4.88. The first-order chi connectivity index (χ1) is 9.60. The van der Waals surface area contributed by atoms with Crippen molar-refractivity contribution < 1.29 is 8.81 Å². The van der Waals surface area contributed by atoms with E-state index in [0.29, 0.717) is 34.2 Å². The molecule has 1 aromatic carbocycles. The van der Waals surface area contributed by atoms with E-state index in [2.05, 4.69) is 9.97 Å². The van der Waals surface area contributed by atoms with Crippen LogP contribution in [0.25, 0.3) is 22.4 Å². The molecule has 0 fully saturated rings. The average molecular weight is 291 g/mol. The van der Waals surface area contributed by atoms with E-state index in [-0.39, 0.29) is 11.4 Å². The molecule has 3 aromatic rings. The zero-order chi connectivity index (χ0) is 14.3. The Morgan fingerprint density at radius 3 is 2.80 bits per heavy atom. The largest absolute Gasteiger partial charge is 0.451 e. The number of nitrogens with zero attached hydrogens (tertiary/aromatic N) is 2. The number of halogens is 2. The summed E-state index contributed by atoms with van der Waals surface area (Å²) in [7, 11) is 0. The van der Waals surface area contributed by atoms with Crippen LogP contribution in [0.5, 0.6) is 0 Å². The molecule has 0 aliphatic heterocycles. The molecule has 3 nitrogen and oxygen atoms in total. The molecule has 102 valence electrons. The summed E-state index contributed by atoms with van der Waals surface area (Å²) in [4.78, 5) is 8.62. The number of fused-ring (bicyclic) bond motifs is 1. The fourth-order valence-electron chi connectivity index (χ4n) is 2.07. The molecule has 20 heavy (non-hydrogen) atoms. The number of rotatable bonds is 2. The van der Waals surface area contributed by atoms with E-state index in [1.54, 1.807) is 18.2 Å². The van der Waals surface area contributed by atoms with Gasteiger partial charge in [-0.2, -0.15) is 0 Å². The van der Waals surface area contributed by atoms with Crippen molar-refractivity contribution in [3.8, 4) is 11.5 Å². The lowest BCUT2D eigenvalue weighted by Gasteiger charge is -2.05. The van der Waals surface area contributed by atoms with E-state index < -0.39 is 0 Å². The predicted molar refractivity (Wildman–Crippen MR) is 76.3 cm³/mol. The molecule has 0 unspecified atom stereocenters. The summed E-state index contributed by atoms with van der Waals surface area (Å²) in [5.74, 6) is 0.750. The molecule has 2 aromatic heterocycles. The molecule has 0 bridgehead atoms. The van der Waals surface area contributed by atoms with Crippen molar-refractivity contribution in [1.29, 1.82) is 0 Å². The summed E-state index contributed by atoms with van der Waals surface area (Å²) in [6.45, 7) is 3.77. The lowest BCUT2D eigenvalue weighted by molar-refractivity contribution is 0.567. The van der Waals surface area contributed by atoms with Crippen LogP contribution in [0.15, 0.2) is 28.7 Å². The number of hydrogen-bond donors (Lipinski definition) is 0. The Balaban J connectivity index is 2.25. The summed E-state index contributed by atoms with van der Waals surface area (Å²) < 4.78 is 19.3. The van der Waals surface area contributed by atoms with Gasteiger partial charge < -0.3 is 4.42 Å². The first-order valence-corrected chi connectivity index (χ1v) is 6.69. The van der Waals surface area contributed by atoms with E-state index in [4.69, 9.17) is 16.0 Å². The molecule has 5 heteroatoms. The van der Waals surface area contributed by atoms with Gasteiger partial charge in [-0.15, -0.1) is 0 Å². The molecule has 0 spiro atoms. The van der Waals surface area contributed by atoms with Crippen LogP contribution in [0.1, 0.15) is 18.3 Å². The summed E-state index contributed by atoms with van der Waals surface area (Å²) in [6, 6.07) is 6.58. The van der Waals surface area contributed by atoms with E-state index in [9.17, 15) is 4.39 Å². The number of aromatic nitrogens is 2. The van der Waals surface area contributed by atoms with Gasteiger partial charge in [0.2, 0.25) is 0 Å². The third kappa shape index (κ3) is 2.06. The Labute approximate surface area is 120 Å². The van der Waals surface area contributed by atoms with Crippen LogP contribution >= 0.6 is 11.6 Å². The van der Waals surface area contributed by atoms with Crippen LogP contribution in [-0.4, -0.2) is 9.97 Å². The van der Waals surface area contributed by atoms with Gasteiger partial charge in [0.15, 0.2) is 17.2 Å². The smallest absolute Gasteiger partial charge is 0.170 e. The number of furan rings is 1. The number of aryl methyl sites for hydroxylation is 1. The van der Waals surface area contributed by atoms with Crippen LogP contribution in [-0.2, 0) is 6.42 Å². The van der Waals surface area contributed by atoms with Gasteiger partial charge in [0.25, 0.3) is 0 Å². The highest BCUT2D eigenvalue weighted by Crippen LogP contribution is 2.31. The Bertz CT molecular complexity index is 798. The van der Waals surface area contributed by atoms with Crippen molar-refractivity contribution in [2.75, 3.05) is 0 Å². The van der Waals surface area contributed by atoms with Gasteiger partial charge >= 0.3 is 0 Å². The van der Waals surface area contributed by atoms with Gasteiger partial charge in [-0.25, -0.2) is 14.4 Å². The maximum atomic E-state index is 13.7. The third-order valence-corrected chi connectivity index (χ3v) is 3.55. The Morgan fingerprint density at radius 2 is 2.10 bits per heavy atom. The fourth-order valence-corrected chi connectivity index (χ4v) is 2.26. The molecule has 0 saturated heterocycles. The van der Waals surface area contributed by atoms with Gasteiger partial charge in [-0.3, -0.25) is 0 Å². The summed E-state index contributed by atoms with van der Waals surface area (Å²) in [5.41, 5.74) is 1.57. The topological polar surface area (TPSA) is 38.9 Å². The van der Waals surface area contributed by atoms with Gasteiger partial charge in [0.05, 0.1) is 0 Å². The molecule has 2 heterocycles. The van der Waals surface area contributed by atoms with Crippen LogP contribution in [0.3, 0.4) is 0 Å². The lowest BCUT2D eigenvalue weighted by Crippen LogP contribution is -1.98. The zero-order valence-corrected chi connectivity index (χ0v) is 11.8. The SMILES string of the molecule is CCc1nc(Cl)c(C)c(-c2cc3cccc(F)c3o2)n1. The highest BCUT2D eigenvalue weighted by Gasteiger charge is 2.16. The van der Waals surface area contributed by atoms with Gasteiger partial charge in [0, 0.05) is 17.4 Å². The van der Waals surface area contributed by atoms with Crippen molar-refractivity contribution in [3.05, 3.63) is 46.6 Å². The van der Waals surface area contributed by atoms with Gasteiger partial charge in [-0.1, -0.05) is 30.7 Å². The molecular formula is C15H12ClFN2O. The molecule has 0 N–H and O–H groups in total. The normalized spacial score (nSPS) is 11.2. The molecular weight excluding hydrogens is 279 g/mol. The van der Waals surface area contributed by atoms with Crippen molar-refractivity contribution >= 4 is 22.6 Å². The van der Waals surface area contributed by atoms with Crippen LogP contribution in [0.4, 0.5) is 4.39 Å². The molecule has 0 aliphatic rings. The Morgan fingerprint density at radius 1 is 1.30 bits per heavy atom. The van der Waals surface area contributed by atoms with Crippen molar-refractivity contribution in [3.63, 3.8) is 0 Å². The van der Waals surface area contributed by atoms with Crippen LogP contribution < -0.4 is 0 Å². The van der Waals surface area contributed by atoms with Crippen LogP contribution in [0, 0.1) is 12.7 Å². The van der Waals surface area contributed by atoms with E-state index in [0.717, 1.165) is 5.56 Å². The second kappa shape index (κ2) is 4.87. The minimum atomic E-state index is -0.387. The summed E-state index contributed by atoms with van der Waals surface area (Å²) in [6.07, 6.45) is 0.668. The minimum absolute atomic E-state index is 0.231. The van der Waals surface area contributed by atoms with Gasteiger partial charge in [0.1, 0.15) is 16.7 Å². The summed E-state index contributed by atoms with van der Waals surface area (Å²) >= 11 is 6.11. The fraction of sp³-hybridized carbons (Fsp3) is 0.200. The molecule has 3 rings (SSSR count). The molecule has 0 atom stereocenters. The van der Waals surface area contributed by atoms with E-state index in [1.165, 1.54) is 6.07 Å². The first kappa shape index (κ1) is 13.1. The standard InChI is InChI=1S/C15H12ClFN2O/c1-3-12-18-13(8(2)15(16)19-12)11-7-9-5-4-6-10(17)14(9)20-11/h4-7H,3H2,1-2H3. The Hall–Kier alpha value is -1.94. The quantitative estimate of drug-likeness (QED) is 0.650. The minimum Gasteiger partial charge on any atom is -0.451 e. The maximum absolute atomic E-state index is 13.7. The van der Waals surface area contributed by atoms with Crippen LogP contribution in [0.2, 0.25) is 5.15 Å². The third-order valence-electron chi connectivity index (χ3n) is 3.18. The Kier molecular flexibility index (Phi) is 3.18. The maximum Gasteiger partial charge on any atom is 0.170 e. The predicted octanol–water partition coefficient (Wildman–Crippen LogP) is 4.55. The lowest BCUT2D eigenvalue weighted by atomic mass is 10.2. The first-order valence-electron chi connectivity index (χ1n) is 6.31. The highest BCUT2D eigenvalue weighted by atomic mass is 35.5. The number of para-hydroxylation sites is 1. The second-order valence-electron chi connectivity index (χ2n) is 4.53. The molecule has 0 amide bonds. The van der Waals surface area contributed by atoms with Crippen molar-refractivity contribution in [1.82, 2.24) is 9.97 Å². The van der Waals surface area contributed by atoms with Crippen molar-refractivity contribution in [2.24, 2.45) is 0 Å². The van der Waals surface area contributed by atoms with Gasteiger partial charge in [-0.05, 0) is 19.1 Å². The number of benzene rings is 1.